The topological polar surface area (TPSA) is 66.6 Å². The van der Waals surface area contributed by atoms with Crippen molar-refractivity contribution in [3.8, 4) is 0 Å². The molecule has 0 saturated carbocycles. The summed E-state index contributed by atoms with van der Waals surface area (Å²) in [5, 5.41) is 0. The highest BCUT2D eigenvalue weighted by molar-refractivity contribution is 5.95. The van der Waals surface area contributed by atoms with E-state index in [1.54, 1.807) is 9.80 Å². The lowest BCUT2D eigenvalue weighted by Crippen LogP contribution is -2.36. The number of nitrogens with two attached hydrogens (primary N) is 1. The Kier molecular flexibility index (Phi) is 4.22. The van der Waals surface area contributed by atoms with Gasteiger partial charge in [-0.15, -0.1) is 0 Å². The van der Waals surface area contributed by atoms with Gasteiger partial charge in [0.1, 0.15) is 5.82 Å². The molecule has 0 spiro atoms. The fourth-order valence-corrected chi connectivity index (χ4v) is 2.35. The summed E-state index contributed by atoms with van der Waals surface area (Å²) in [6.45, 7) is 3.68. The Morgan fingerprint density at radius 1 is 1.10 bits per heavy atom. The molecule has 2 N–H and O–H groups in total. The van der Waals surface area contributed by atoms with Crippen LogP contribution in [0.25, 0.3) is 0 Å². The third-order valence-electron chi connectivity index (χ3n) is 3.40. The van der Waals surface area contributed by atoms with Crippen molar-refractivity contribution in [2.45, 2.75) is 13.3 Å². The Hall–Kier alpha value is -2.11. The Bertz CT molecular complexity index is 513. The second-order valence-electron chi connectivity index (χ2n) is 4.93. The Labute approximate surface area is 117 Å². The molecule has 1 aliphatic heterocycles. The number of anilines is 1. The number of nitrogens with zero attached hydrogens (tertiary/aromatic N) is 2. The highest BCUT2D eigenvalue weighted by atomic mass is 19.1. The molecular weight excluding hydrogens is 261 g/mol. The van der Waals surface area contributed by atoms with E-state index in [2.05, 4.69) is 0 Å². The lowest BCUT2D eigenvalue weighted by Gasteiger charge is -2.21. The fraction of sp³-hybridized carbons (Fsp3) is 0.429. The predicted molar refractivity (Wildman–Crippen MR) is 73.6 cm³/mol. The van der Waals surface area contributed by atoms with Gasteiger partial charge < -0.3 is 15.5 Å². The summed E-state index contributed by atoms with van der Waals surface area (Å²) >= 11 is 0. The van der Waals surface area contributed by atoms with Gasteiger partial charge in [0.25, 0.3) is 5.91 Å². The van der Waals surface area contributed by atoms with Crippen LogP contribution in [-0.2, 0) is 4.79 Å². The zero-order chi connectivity index (χ0) is 14.7. The van der Waals surface area contributed by atoms with Gasteiger partial charge in [-0.1, -0.05) is 0 Å². The molecule has 0 aromatic heterocycles. The van der Waals surface area contributed by atoms with Crippen molar-refractivity contribution in [3.63, 3.8) is 0 Å². The summed E-state index contributed by atoms with van der Waals surface area (Å²) in [5.41, 5.74) is 6.03. The van der Waals surface area contributed by atoms with Crippen LogP contribution in [0.1, 0.15) is 23.7 Å². The van der Waals surface area contributed by atoms with Gasteiger partial charge in [-0.25, -0.2) is 4.39 Å². The van der Waals surface area contributed by atoms with Gasteiger partial charge in [-0.2, -0.15) is 0 Å². The van der Waals surface area contributed by atoms with E-state index in [9.17, 15) is 14.0 Å². The molecule has 108 valence electrons. The van der Waals surface area contributed by atoms with Crippen LogP contribution in [0.15, 0.2) is 18.2 Å². The predicted octanol–water partition coefficient (Wildman–Crippen LogP) is 1.10. The summed E-state index contributed by atoms with van der Waals surface area (Å²) in [4.78, 5) is 27.0. The summed E-state index contributed by atoms with van der Waals surface area (Å²) in [6, 6.07) is 3.84. The van der Waals surface area contributed by atoms with Crippen molar-refractivity contribution in [1.82, 2.24) is 9.80 Å². The molecular formula is C14H18FN3O2. The van der Waals surface area contributed by atoms with Crippen molar-refractivity contribution in [3.05, 3.63) is 29.6 Å². The van der Waals surface area contributed by atoms with Gasteiger partial charge >= 0.3 is 0 Å². The van der Waals surface area contributed by atoms with Crippen LogP contribution in [0.5, 0.6) is 0 Å². The molecule has 0 aliphatic carbocycles. The minimum absolute atomic E-state index is 0.00861. The molecule has 1 saturated heterocycles. The maximum absolute atomic E-state index is 13.3. The molecule has 20 heavy (non-hydrogen) atoms. The third-order valence-corrected chi connectivity index (χ3v) is 3.40. The summed E-state index contributed by atoms with van der Waals surface area (Å²) in [6.07, 6.45) is 0.718. The first-order valence-corrected chi connectivity index (χ1v) is 6.58. The lowest BCUT2D eigenvalue weighted by atomic mass is 10.1. The molecule has 0 bridgehead atoms. The van der Waals surface area contributed by atoms with Crippen LogP contribution in [0.3, 0.4) is 0 Å². The molecule has 2 amide bonds. The minimum Gasteiger partial charge on any atom is -0.399 e. The maximum Gasteiger partial charge on any atom is 0.254 e. The monoisotopic (exact) mass is 279 g/mol. The fourth-order valence-electron chi connectivity index (χ4n) is 2.35. The van der Waals surface area contributed by atoms with Crippen molar-refractivity contribution in [1.29, 1.82) is 0 Å². The number of rotatable bonds is 1. The third kappa shape index (κ3) is 3.26. The molecule has 1 fully saturated rings. The zero-order valence-electron chi connectivity index (χ0n) is 11.4. The van der Waals surface area contributed by atoms with E-state index in [-0.39, 0.29) is 23.1 Å². The summed E-state index contributed by atoms with van der Waals surface area (Å²) in [5.74, 6) is -0.760. The number of amides is 2. The first-order valence-electron chi connectivity index (χ1n) is 6.58. The summed E-state index contributed by atoms with van der Waals surface area (Å²) in [7, 11) is 0. The molecule has 2 rings (SSSR count). The molecule has 1 aliphatic rings. The van der Waals surface area contributed by atoms with Gasteiger partial charge in [-0.05, 0) is 24.6 Å². The highest BCUT2D eigenvalue weighted by Gasteiger charge is 2.21. The molecule has 1 aromatic carbocycles. The SMILES string of the molecule is CC(=O)N1CCCN(C(=O)c2cc(N)cc(F)c2)CC1. The second kappa shape index (κ2) is 5.90. The van der Waals surface area contributed by atoms with Gasteiger partial charge in [0.15, 0.2) is 0 Å². The van der Waals surface area contributed by atoms with Gasteiger partial charge in [-0.3, -0.25) is 9.59 Å². The van der Waals surface area contributed by atoms with E-state index in [0.29, 0.717) is 26.2 Å². The average molecular weight is 279 g/mol. The standard InChI is InChI=1S/C14H18FN3O2/c1-10(19)17-3-2-4-18(6-5-17)14(20)11-7-12(15)9-13(16)8-11/h7-9H,2-6,16H2,1H3. The number of benzene rings is 1. The van der Waals surface area contributed by atoms with E-state index in [4.69, 9.17) is 5.73 Å². The molecule has 0 unspecified atom stereocenters. The number of hydrogen-bond donors (Lipinski definition) is 1. The average Bonchev–Trinajstić information content (AvgIpc) is 2.62. The number of carbonyl (C=O) groups is 2. The number of halogens is 1. The van der Waals surface area contributed by atoms with Crippen LogP contribution in [0.2, 0.25) is 0 Å². The van der Waals surface area contributed by atoms with Gasteiger partial charge in [0, 0.05) is 44.4 Å². The van der Waals surface area contributed by atoms with E-state index in [1.807, 2.05) is 0 Å². The quantitative estimate of drug-likeness (QED) is 0.783. The van der Waals surface area contributed by atoms with Crippen LogP contribution in [0.4, 0.5) is 10.1 Å². The Balaban J connectivity index is 2.11. The number of carbonyl (C=O) groups excluding carboxylic acids is 2. The lowest BCUT2D eigenvalue weighted by molar-refractivity contribution is -0.128. The van der Waals surface area contributed by atoms with E-state index in [0.717, 1.165) is 6.42 Å². The van der Waals surface area contributed by atoms with Crippen molar-refractivity contribution in [2.24, 2.45) is 0 Å². The molecule has 1 heterocycles. The van der Waals surface area contributed by atoms with Crippen molar-refractivity contribution < 1.29 is 14.0 Å². The zero-order valence-corrected chi connectivity index (χ0v) is 11.4. The molecule has 0 radical (unpaired) electrons. The molecule has 1 aromatic rings. The van der Waals surface area contributed by atoms with Crippen molar-refractivity contribution >= 4 is 17.5 Å². The van der Waals surface area contributed by atoms with Crippen molar-refractivity contribution in [2.75, 3.05) is 31.9 Å². The Morgan fingerprint density at radius 3 is 2.40 bits per heavy atom. The second-order valence-corrected chi connectivity index (χ2v) is 4.93. The number of hydrogen-bond acceptors (Lipinski definition) is 3. The smallest absolute Gasteiger partial charge is 0.254 e. The molecule has 5 nitrogen and oxygen atoms in total. The van der Waals surface area contributed by atoms with Crippen LogP contribution in [0, 0.1) is 5.82 Å². The van der Waals surface area contributed by atoms with Gasteiger partial charge in [0.05, 0.1) is 0 Å². The normalized spacial score (nSPS) is 15.9. The first-order chi connectivity index (χ1) is 9.47. The molecule has 6 heteroatoms. The summed E-state index contributed by atoms with van der Waals surface area (Å²) < 4.78 is 13.3. The Morgan fingerprint density at radius 2 is 1.75 bits per heavy atom. The van der Waals surface area contributed by atoms with E-state index >= 15 is 0 Å². The first kappa shape index (κ1) is 14.3. The van der Waals surface area contributed by atoms with Crippen LogP contribution in [-0.4, -0.2) is 47.8 Å². The largest absolute Gasteiger partial charge is 0.399 e. The van der Waals surface area contributed by atoms with Gasteiger partial charge in [0.2, 0.25) is 5.91 Å². The van der Waals surface area contributed by atoms with Crippen LogP contribution >= 0.6 is 0 Å². The maximum atomic E-state index is 13.3. The van der Waals surface area contributed by atoms with Crippen LogP contribution < -0.4 is 5.73 Å². The van der Waals surface area contributed by atoms with E-state index in [1.165, 1.54) is 25.1 Å². The number of nitrogen functional groups attached to an aromatic ring is 1. The minimum atomic E-state index is -0.520. The highest BCUT2D eigenvalue weighted by Crippen LogP contribution is 2.14. The van der Waals surface area contributed by atoms with E-state index < -0.39 is 5.82 Å². The molecule has 0 atom stereocenters.